The molecular formula is C19H18O2. The Morgan fingerprint density at radius 2 is 1.76 bits per heavy atom. The van der Waals surface area contributed by atoms with Gasteiger partial charge in [-0.15, -0.1) is 6.58 Å². The van der Waals surface area contributed by atoms with Crippen LogP contribution in [-0.2, 0) is 6.42 Å². The summed E-state index contributed by atoms with van der Waals surface area (Å²) in [6, 6.07) is 17.1. The maximum absolute atomic E-state index is 12.8. The quantitative estimate of drug-likeness (QED) is 0.872. The third kappa shape index (κ3) is 2.22. The number of hydrogen-bond donors (Lipinski definition) is 1. The van der Waals surface area contributed by atoms with Crippen molar-refractivity contribution in [2.75, 3.05) is 0 Å². The second kappa shape index (κ2) is 5.30. The van der Waals surface area contributed by atoms with Crippen LogP contribution in [0.4, 0.5) is 0 Å². The van der Waals surface area contributed by atoms with Gasteiger partial charge < -0.3 is 5.11 Å². The Balaban J connectivity index is 2.05. The predicted molar refractivity (Wildman–Crippen MR) is 83.4 cm³/mol. The second-order valence-electron chi connectivity index (χ2n) is 5.53. The summed E-state index contributed by atoms with van der Waals surface area (Å²) in [4.78, 5) is 12.8. The van der Waals surface area contributed by atoms with Gasteiger partial charge >= 0.3 is 0 Å². The maximum atomic E-state index is 12.8. The lowest BCUT2D eigenvalue weighted by Gasteiger charge is -2.37. The summed E-state index contributed by atoms with van der Waals surface area (Å²) < 4.78 is 0. The van der Waals surface area contributed by atoms with Gasteiger partial charge in [0.25, 0.3) is 0 Å². The minimum atomic E-state index is -1.41. The van der Waals surface area contributed by atoms with Crippen LogP contribution in [0.5, 0.6) is 0 Å². The number of aliphatic hydroxyl groups is 1. The Morgan fingerprint density at radius 3 is 2.48 bits per heavy atom. The number of carbonyl (C=O) groups excluding carboxylic acids is 1. The number of Topliss-reactive ketones (excluding diaryl/α,β-unsaturated/α-hetero) is 1. The molecule has 2 aromatic rings. The molecule has 1 aliphatic rings. The highest BCUT2D eigenvalue weighted by Gasteiger charge is 2.46. The Kier molecular flexibility index (Phi) is 3.48. The molecule has 106 valence electrons. The number of benzene rings is 2. The highest BCUT2D eigenvalue weighted by molar-refractivity contribution is 6.05. The Morgan fingerprint density at radius 1 is 1.10 bits per heavy atom. The minimum absolute atomic E-state index is 0.196. The van der Waals surface area contributed by atoms with Gasteiger partial charge in [-0.05, 0) is 24.0 Å². The number of fused-ring (bicyclic) bond motifs is 1. The summed E-state index contributed by atoms with van der Waals surface area (Å²) in [6.07, 6.45) is 2.81. The average Bonchev–Trinajstić information content (AvgIpc) is 2.53. The molecule has 2 atom stereocenters. The van der Waals surface area contributed by atoms with Crippen molar-refractivity contribution in [3.8, 4) is 0 Å². The molecule has 0 bridgehead atoms. The van der Waals surface area contributed by atoms with E-state index in [-0.39, 0.29) is 11.7 Å². The minimum Gasteiger partial charge on any atom is -0.381 e. The first kappa shape index (κ1) is 13.8. The molecular weight excluding hydrogens is 260 g/mol. The standard InChI is InChI=1S/C19H18O2/c1-2-17(15-9-4-3-5-10-15)19(21)13-12-14-8-6-7-11-16(14)18(19)20/h2-11,17,21H,1,12-13H2/t17-,19-/m1/s1. The molecule has 2 aromatic carbocycles. The molecule has 0 saturated carbocycles. The number of ketones is 1. The first-order chi connectivity index (χ1) is 10.2. The lowest BCUT2D eigenvalue weighted by Crippen LogP contribution is -2.47. The Hall–Kier alpha value is -2.19. The Labute approximate surface area is 124 Å². The van der Waals surface area contributed by atoms with Gasteiger partial charge in [-0.3, -0.25) is 4.79 Å². The molecule has 21 heavy (non-hydrogen) atoms. The fourth-order valence-electron chi connectivity index (χ4n) is 3.20. The van der Waals surface area contributed by atoms with E-state index < -0.39 is 5.60 Å². The van der Waals surface area contributed by atoms with E-state index in [1.807, 2.05) is 48.5 Å². The van der Waals surface area contributed by atoms with Gasteiger partial charge in [0.2, 0.25) is 0 Å². The predicted octanol–water partition coefficient (Wildman–Crippen LogP) is 3.52. The molecule has 0 spiro atoms. The van der Waals surface area contributed by atoms with E-state index in [9.17, 15) is 9.90 Å². The van der Waals surface area contributed by atoms with E-state index in [2.05, 4.69) is 6.58 Å². The molecule has 0 aliphatic heterocycles. The molecule has 0 radical (unpaired) electrons. The van der Waals surface area contributed by atoms with Crippen molar-refractivity contribution < 1.29 is 9.90 Å². The van der Waals surface area contributed by atoms with Crippen molar-refractivity contribution in [1.29, 1.82) is 0 Å². The van der Waals surface area contributed by atoms with Crippen LogP contribution in [0.15, 0.2) is 67.3 Å². The molecule has 0 amide bonds. The first-order valence-corrected chi connectivity index (χ1v) is 7.19. The van der Waals surface area contributed by atoms with Crippen LogP contribution < -0.4 is 0 Å². The van der Waals surface area contributed by atoms with Crippen molar-refractivity contribution in [3.05, 3.63) is 83.9 Å². The smallest absolute Gasteiger partial charge is 0.195 e. The lowest BCUT2D eigenvalue weighted by molar-refractivity contribution is 0.0166. The monoisotopic (exact) mass is 278 g/mol. The summed E-state index contributed by atoms with van der Waals surface area (Å²) >= 11 is 0. The fourth-order valence-corrected chi connectivity index (χ4v) is 3.20. The molecule has 0 aromatic heterocycles. The maximum Gasteiger partial charge on any atom is 0.195 e. The van der Waals surface area contributed by atoms with Crippen molar-refractivity contribution in [2.45, 2.75) is 24.4 Å². The molecule has 0 saturated heterocycles. The first-order valence-electron chi connectivity index (χ1n) is 7.19. The van der Waals surface area contributed by atoms with E-state index >= 15 is 0 Å². The van der Waals surface area contributed by atoms with E-state index in [4.69, 9.17) is 0 Å². The number of carbonyl (C=O) groups is 1. The van der Waals surface area contributed by atoms with Crippen molar-refractivity contribution in [2.24, 2.45) is 0 Å². The number of rotatable bonds is 3. The summed E-state index contributed by atoms with van der Waals surface area (Å²) in [5.74, 6) is -0.586. The summed E-state index contributed by atoms with van der Waals surface area (Å²) in [7, 11) is 0. The van der Waals surface area contributed by atoms with Gasteiger partial charge in [0, 0.05) is 11.5 Å². The fraction of sp³-hybridized carbons (Fsp3) is 0.211. The van der Waals surface area contributed by atoms with Gasteiger partial charge in [0.15, 0.2) is 5.78 Å². The zero-order chi connectivity index (χ0) is 14.9. The van der Waals surface area contributed by atoms with Crippen LogP contribution in [-0.4, -0.2) is 16.5 Å². The summed E-state index contributed by atoms with van der Waals surface area (Å²) in [6.45, 7) is 3.84. The van der Waals surface area contributed by atoms with E-state index in [1.165, 1.54) is 0 Å². The SMILES string of the molecule is C=C[C@H](c1ccccc1)[C@]1(O)CCc2ccccc2C1=O. The summed E-state index contributed by atoms with van der Waals surface area (Å²) in [5, 5.41) is 11.1. The Bertz CT molecular complexity index is 675. The number of aryl methyl sites for hydroxylation is 1. The zero-order valence-corrected chi connectivity index (χ0v) is 11.8. The molecule has 2 nitrogen and oxygen atoms in total. The van der Waals surface area contributed by atoms with Crippen molar-refractivity contribution in [3.63, 3.8) is 0 Å². The molecule has 3 rings (SSSR count). The third-order valence-corrected chi connectivity index (χ3v) is 4.34. The molecule has 1 aliphatic carbocycles. The molecule has 0 unspecified atom stereocenters. The van der Waals surface area contributed by atoms with Gasteiger partial charge in [-0.25, -0.2) is 0 Å². The van der Waals surface area contributed by atoms with Crippen molar-refractivity contribution >= 4 is 5.78 Å². The van der Waals surface area contributed by atoms with Crippen LogP contribution in [0.1, 0.15) is 33.8 Å². The average molecular weight is 278 g/mol. The number of hydrogen-bond acceptors (Lipinski definition) is 2. The van der Waals surface area contributed by atoms with Gasteiger partial charge in [0.05, 0.1) is 0 Å². The van der Waals surface area contributed by atoms with E-state index in [1.54, 1.807) is 12.1 Å². The normalized spacial score (nSPS) is 22.4. The van der Waals surface area contributed by atoms with Gasteiger partial charge in [-0.1, -0.05) is 60.7 Å². The van der Waals surface area contributed by atoms with Crippen molar-refractivity contribution in [1.82, 2.24) is 0 Å². The van der Waals surface area contributed by atoms with Crippen LogP contribution in [0.2, 0.25) is 0 Å². The van der Waals surface area contributed by atoms with Crippen LogP contribution in [0, 0.1) is 0 Å². The topological polar surface area (TPSA) is 37.3 Å². The van der Waals surface area contributed by atoms with Gasteiger partial charge in [0.1, 0.15) is 5.60 Å². The highest BCUT2D eigenvalue weighted by atomic mass is 16.3. The molecule has 0 heterocycles. The molecule has 1 N–H and O–H groups in total. The molecule has 2 heteroatoms. The largest absolute Gasteiger partial charge is 0.381 e. The van der Waals surface area contributed by atoms with Crippen LogP contribution in [0.3, 0.4) is 0 Å². The lowest BCUT2D eigenvalue weighted by atomic mass is 9.70. The highest BCUT2D eigenvalue weighted by Crippen LogP contribution is 2.39. The van der Waals surface area contributed by atoms with E-state index in [0.717, 1.165) is 11.1 Å². The van der Waals surface area contributed by atoms with E-state index in [0.29, 0.717) is 18.4 Å². The summed E-state index contributed by atoms with van der Waals surface area (Å²) in [5.41, 5.74) is 1.16. The molecule has 0 fully saturated rings. The van der Waals surface area contributed by atoms with Crippen LogP contribution in [0.25, 0.3) is 0 Å². The van der Waals surface area contributed by atoms with Crippen LogP contribution >= 0.6 is 0 Å². The third-order valence-electron chi connectivity index (χ3n) is 4.34. The van der Waals surface area contributed by atoms with Gasteiger partial charge in [-0.2, -0.15) is 0 Å². The zero-order valence-electron chi connectivity index (χ0n) is 11.8. The second-order valence-corrected chi connectivity index (χ2v) is 5.53.